The van der Waals surface area contributed by atoms with Crippen LogP contribution in [0.2, 0.25) is 0 Å². The summed E-state index contributed by atoms with van der Waals surface area (Å²) in [6.07, 6.45) is -0.330. The topological polar surface area (TPSA) is 89.2 Å². The van der Waals surface area contributed by atoms with Crippen molar-refractivity contribution in [1.29, 1.82) is 0 Å². The van der Waals surface area contributed by atoms with Gasteiger partial charge in [-0.3, -0.25) is 4.40 Å². The van der Waals surface area contributed by atoms with Crippen molar-refractivity contribution < 1.29 is 21.6 Å². The van der Waals surface area contributed by atoms with E-state index in [4.69, 9.17) is 0 Å². The quantitative estimate of drug-likeness (QED) is 0.724. The highest BCUT2D eigenvalue weighted by molar-refractivity contribution is 7.89. The average molecular weight is 403 g/mol. The third-order valence-electron chi connectivity index (χ3n) is 4.05. The Balaban J connectivity index is 1.77. The van der Waals surface area contributed by atoms with Crippen molar-refractivity contribution in [2.75, 3.05) is 0 Å². The standard InChI is InChI=1S/C14H12F3N5O2S2/c1-13(4-5-13)21-26(23,24)9-3-2-8-6-18-10(22(8)7-9)11-19-20-12(25-11)14(15,16)17/h2-3,6-7,21H,4-5H2,1H3. The zero-order valence-corrected chi connectivity index (χ0v) is 14.9. The molecule has 3 aromatic heterocycles. The summed E-state index contributed by atoms with van der Waals surface area (Å²) in [6.45, 7) is 1.81. The van der Waals surface area contributed by atoms with Crippen LogP contribution >= 0.6 is 11.3 Å². The molecule has 1 fully saturated rings. The summed E-state index contributed by atoms with van der Waals surface area (Å²) in [7, 11) is -3.75. The van der Waals surface area contributed by atoms with Crippen molar-refractivity contribution in [3.63, 3.8) is 0 Å². The van der Waals surface area contributed by atoms with Crippen LogP contribution in [0.15, 0.2) is 29.4 Å². The Kier molecular flexibility index (Phi) is 3.66. The van der Waals surface area contributed by atoms with Gasteiger partial charge in [-0.1, -0.05) is 11.3 Å². The second-order valence-corrected chi connectivity index (χ2v) is 8.98. The predicted molar refractivity (Wildman–Crippen MR) is 87.1 cm³/mol. The van der Waals surface area contributed by atoms with E-state index < -0.39 is 26.7 Å². The van der Waals surface area contributed by atoms with Crippen molar-refractivity contribution in [3.8, 4) is 10.8 Å². The number of hydrogen-bond donors (Lipinski definition) is 1. The summed E-state index contributed by atoms with van der Waals surface area (Å²) in [4.78, 5) is 4.06. The lowest BCUT2D eigenvalue weighted by Gasteiger charge is -2.12. The van der Waals surface area contributed by atoms with Gasteiger partial charge in [0.25, 0.3) is 0 Å². The van der Waals surface area contributed by atoms with E-state index >= 15 is 0 Å². The summed E-state index contributed by atoms with van der Waals surface area (Å²) < 4.78 is 67.3. The number of fused-ring (bicyclic) bond motifs is 1. The maximum atomic E-state index is 12.7. The number of aromatic nitrogens is 4. The van der Waals surface area contributed by atoms with Crippen LogP contribution in [-0.2, 0) is 16.2 Å². The molecule has 0 atom stereocenters. The molecule has 3 aromatic rings. The number of pyridine rings is 1. The van der Waals surface area contributed by atoms with Crippen LogP contribution < -0.4 is 4.72 Å². The zero-order valence-electron chi connectivity index (χ0n) is 13.3. The van der Waals surface area contributed by atoms with Gasteiger partial charge < -0.3 is 0 Å². The molecule has 1 aliphatic carbocycles. The van der Waals surface area contributed by atoms with E-state index in [0.29, 0.717) is 16.9 Å². The number of hydrogen-bond acceptors (Lipinski definition) is 6. The number of sulfonamides is 1. The lowest BCUT2D eigenvalue weighted by molar-refractivity contribution is -0.138. The summed E-state index contributed by atoms with van der Waals surface area (Å²) >= 11 is 0.350. The molecule has 0 aromatic carbocycles. The third kappa shape index (κ3) is 3.08. The summed E-state index contributed by atoms with van der Waals surface area (Å²) in [5, 5.41) is 5.54. The first-order valence-corrected chi connectivity index (χ1v) is 9.80. The van der Waals surface area contributed by atoms with E-state index in [1.165, 1.54) is 28.9 Å². The van der Waals surface area contributed by atoms with Gasteiger partial charge in [0, 0.05) is 11.7 Å². The smallest absolute Gasteiger partial charge is 0.296 e. The lowest BCUT2D eigenvalue weighted by Crippen LogP contribution is -2.34. The first kappa shape index (κ1) is 17.4. The molecule has 0 aliphatic heterocycles. The van der Waals surface area contributed by atoms with Gasteiger partial charge in [0.05, 0.1) is 16.6 Å². The van der Waals surface area contributed by atoms with Gasteiger partial charge in [0.1, 0.15) is 0 Å². The van der Waals surface area contributed by atoms with Crippen molar-refractivity contribution in [2.45, 2.75) is 36.4 Å². The molecule has 1 N–H and O–H groups in total. The summed E-state index contributed by atoms with van der Waals surface area (Å²) in [6, 6.07) is 2.96. The molecule has 12 heteroatoms. The Morgan fingerprint density at radius 2 is 2.00 bits per heavy atom. The van der Waals surface area contributed by atoms with E-state index in [-0.39, 0.29) is 15.7 Å². The zero-order chi connectivity index (χ0) is 18.7. The SMILES string of the molecule is CC1(NS(=O)(=O)c2ccc3cnc(-c4nnc(C(F)(F)F)s4)n3c2)CC1. The van der Waals surface area contributed by atoms with Crippen LogP contribution in [0.4, 0.5) is 13.2 Å². The van der Waals surface area contributed by atoms with Gasteiger partial charge in [-0.05, 0) is 31.9 Å². The van der Waals surface area contributed by atoms with Crippen molar-refractivity contribution >= 4 is 26.9 Å². The number of alkyl halides is 3. The van der Waals surface area contributed by atoms with Crippen molar-refractivity contribution in [1.82, 2.24) is 24.3 Å². The Morgan fingerprint density at radius 1 is 1.27 bits per heavy atom. The molecule has 7 nitrogen and oxygen atoms in total. The van der Waals surface area contributed by atoms with Crippen molar-refractivity contribution in [3.05, 3.63) is 29.5 Å². The van der Waals surface area contributed by atoms with Crippen LogP contribution in [0.25, 0.3) is 16.3 Å². The normalized spacial score (nSPS) is 16.9. The predicted octanol–water partition coefficient (Wildman–Crippen LogP) is 2.70. The molecule has 0 spiro atoms. The van der Waals surface area contributed by atoms with Crippen LogP contribution in [0.5, 0.6) is 0 Å². The number of nitrogens with one attached hydrogen (secondary N) is 1. The second-order valence-electron chi connectivity index (χ2n) is 6.32. The maximum Gasteiger partial charge on any atom is 0.445 e. The molecule has 0 bridgehead atoms. The fourth-order valence-corrected chi connectivity index (χ4v) is 4.56. The summed E-state index contributed by atoms with van der Waals surface area (Å²) in [5.74, 6) is 0.0997. The minimum absolute atomic E-state index is 0.00191. The van der Waals surface area contributed by atoms with E-state index in [1.807, 2.05) is 6.92 Å². The molecule has 0 amide bonds. The van der Waals surface area contributed by atoms with Gasteiger partial charge in [-0.25, -0.2) is 18.1 Å². The molecule has 4 rings (SSSR count). The van der Waals surface area contributed by atoms with E-state index in [2.05, 4.69) is 19.9 Å². The minimum Gasteiger partial charge on any atom is -0.296 e. The van der Waals surface area contributed by atoms with Gasteiger partial charge in [0.2, 0.25) is 15.0 Å². The van der Waals surface area contributed by atoms with Gasteiger partial charge in [0.15, 0.2) is 10.8 Å². The molecule has 0 unspecified atom stereocenters. The molecule has 138 valence electrons. The maximum absolute atomic E-state index is 12.7. The number of rotatable bonds is 4. The highest BCUT2D eigenvalue weighted by Crippen LogP contribution is 2.37. The van der Waals surface area contributed by atoms with Gasteiger partial charge in [-0.15, -0.1) is 10.2 Å². The first-order chi connectivity index (χ1) is 12.1. The third-order valence-corrected chi connectivity index (χ3v) is 6.64. The van der Waals surface area contributed by atoms with E-state index in [1.54, 1.807) is 0 Å². The van der Waals surface area contributed by atoms with Crippen LogP contribution in [-0.4, -0.2) is 33.5 Å². The van der Waals surface area contributed by atoms with E-state index in [9.17, 15) is 21.6 Å². The first-order valence-electron chi connectivity index (χ1n) is 7.50. The Morgan fingerprint density at radius 3 is 2.62 bits per heavy atom. The molecule has 26 heavy (non-hydrogen) atoms. The largest absolute Gasteiger partial charge is 0.445 e. The highest BCUT2D eigenvalue weighted by Gasteiger charge is 2.41. The molecular formula is C14H12F3N5O2S2. The lowest BCUT2D eigenvalue weighted by atomic mass is 10.4. The minimum atomic E-state index is -4.60. The highest BCUT2D eigenvalue weighted by atomic mass is 32.2. The monoisotopic (exact) mass is 403 g/mol. The van der Waals surface area contributed by atoms with Gasteiger partial charge >= 0.3 is 6.18 Å². The van der Waals surface area contributed by atoms with E-state index in [0.717, 1.165) is 12.8 Å². The number of imidazole rings is 1. The molecule has 0 radical (unpaired) electrons. The molecule has 0 saturated heterocycles. The fourth-order valence-electron chi connectivity index (χ4n) is 2.39. The molecular weight excluding hydrogens is 391 g/mol. The summed E-state index contributed by atoms with van der Waals surface area (Å²) in [5.41, 5.74) is 0.0900. The average Bonchev–Trinajstić information content (AvgIpc) is 2.98. The Bertz CT molecular complexity index is 1100. The van der Waals surface area contributed by atoms with Gasteiger partial charge in [-0.2, -0.15) is 13.2 Å². The van der Waals surface area contributed by atoms with Crippen LogP contribution in [0.1, 0.15) is 24.8 Å². The van der Waals surface area contributed by atoms with Crippen LogP contribution in [0, 0.1) is 0 Å². The molecule has 1 saturated carbocycles. The number of nitrogens with zero attached hydrogens (tertiary/aromatic N) is 4. The molecule has 3 heterocycles. The van der Waals surface area contributed by atoms with Crippen LogP contribution in [0.3, 0.4) is 0 Å². The second kappa shape index (κ2) is 5.47. The Hall–Kier alpha value is -2.05. The Labute approximate surface area is 150 Å². The van der Waals surface area contributed by atoms with Crippen molar-refractivity contribution in [2.24, 2.45) is 0 Å². The number of halogens is 3. The fraction of sp³-hybridized carbons (Fsp3) is 0.357. The molecule has 1 aliphatic rings.